The average Bonchev–Trinajstić information content (AvgIpc) is 2.83. The maximum Gasteiger partial charge on any atom is 0.337 e. The smallest absolute Gasteiger partial charge is 0.337 e. The number of benzene rings is 3. The summed E-state index contributed by atoms with van der Waals surface area (Å²) in [5.41, 5.74) is 4.52. The number of methoxy groups -OCH3 is 1. The summed E-state index contributed by atoms with van der Waals surface area (Å²) >= 11 is 0. The molecule has 2 atom stereocenters. The van der Waals surface area contributed by atoms with E-state index >= 15 is 0 Å². The number of aliphatic hydroxyl groups is 1. The molecule has 0 fully saturated rings. The number of esters is 1. The maximum atomic E-state index is 12.6. The fraction of sp³-hybridized carbons (Fsp3) is 0.192. The van der Waals surface area contributed by atoms with Crippen molar-refractivity contribution >= 4 is 23.4 Å². The van der Waals surface area contributed by atoms with E-state index in [2.05, 4.69) is 6.08 Å². The van der Waals surface area contributed by atoms with Gasteiger partial charge < -0.3 is 19.5 Å². The number of hydrogen-bond acceptors (Lipinski definition) is 5. The van der Waals surface area contributed by atoms with Crippen LogP contribution < -0.4 is 9.64 Å². The van der Waals surface area contributed by atoms with E-state index < -0.39 is 18.1 Å². The first-order chi connectivity index (χ1) is 15.1. The monoisotopic (exact) mass is 415 g/mol. The molecule has 158 valence electrons. The van der Waals surface area contributed by atoms with Gasteiger partial charge in [-0.15, -0.1) is 0 Å². The number of hydrogen-bond donors (Lipinski definition) is 1. The van der Waals surface area contributed by atoms with Gasteiger partial charge in [0, 0.05) is 11.4 Å². The number of carbonyl (C=O) groups is 1. The number of fused-ring (bicyclic) bond motifs is 1. The first-order valence-electron chi connectivity index (χ1n) is 10.3. The molecule has 4 rings (SSSR count). The maximum absolute atomic E-state index is 12.6. The Balaban J connectivity index is 1.92. The third-order valence-corrected chi connectivity index (χ3v) is 5.39. The van der Waals surface area contributed by atoms with Gasteiger partial charge in [-0.3, -0.25) is 0 Å². The van der Waals surface area contributed by atoms with Gasteiger partial charge in [0.15, 0.2) is 6.10 Å². The van der Waals surface area contributed by atoms with Crippen molar-refractivity contribution in [1.29, 1.82) is 0 Å². The van der Waals surface area contributed by atoms with Crippen LogP contribution in [-0.4, -0.2) is 30.9 Å². The van der Waals surface area contributed by atoms with Crippen molar-refractivity contribution in [2.24, 2.45) is 0 Å². The van der Waals surface area contributed by atoms with Gasteiger partial charge in [-0.05, 0) is 54.0 Å². The molecule has 0 amide bonds. The zero-order chi connectivity index (χ0) is 21.8. The average molecular weight is 415 g/mol. The number of nitrogens with zero attached hydrogens (tertiary/aromatic N) is 1. The van der Waals surface area contributed by atoms with Gasteiger partial charge in [0.05, 0.1) is 19.8 Å². The number of rotatable bonds is 6. The second kappa shape index (κ2) is 9.06. The summed E-state index contributed by atoms with van der Waals surface area (Å²) in [7, 11) is 1.62. The van der Waals surface area contributed by atoms with E-state index in [4.69, 9.17) is 9.47 Å². The molecule has 5 nitrogen and oxygen atoms in total. The second-order valence-corrected chi connectivity index (χ2v) is 7.23. The summed E-state index contributed by atoms with van der Waals surface area (Å²) in [5, 5.41) is 11.1. The molecule has 0 saturated carbocycles. The molecule has 0 radical (unpaired) electrons. The highest BCUT2D eigenvalue weighted by Crippen LogP contribution is 2.43. The van der Waals surface area contributed by atoms with Crippen LogP contribution in [0.4, 0.5) is 5.69 Å². The van der Waals surface area contributed by atoms with Gasteiger partial charge in [-0.25, -0.2) is 4.79 Å². The van der Waals surface area contributed by atoms with Crippen molar-refractivity contribution < 1.29 is 19.4 Å². The molecule has 3 aromatic carbocycles. The lowest BCUT2D eigenvalue weighted by atomic mass is 9.88. The van der Waals surface area contributed by atoms with E-state index in [1.807, 2.05) is 83.8 Å². The number of aliphatic hydroxyl groups excluding tert-OH is 1. The molecule has 0 spiro atoms. The third kappa shape index (κ3) is 4.05. The molecule has 0 aliphatic carbocycles. The Morgan fingerprint density at radius 3 is 2.35 bits per heavy atom. The van der Waals surface area contributed by atoms with E-state index in [1.165, 1.54) is 0 Å². The molecule has 1 heterocycles. The normalized spacial score (nSPS) is 16.2. The molecule has 0 aromatic heterocycles. The molecule has 1 aliphatic rings. The Bertz CT molecular complexity index is 1080. The van der Waals surface area contributed by atoms with Crippen LogP contribution in [0.3, 0.4) is 0 Å². The second-order valence-electron chi connectivity index (χ2n) is 7.23. The minimum atomic E-state index is -1.37. The van der Waals surface area contributed by atoms with Crippen LogP contribution in [0.25, 0.3) is 11.8 Å². The van der Waals surface area contributed by atoms with Crippen LogP contribution in [0.1, 0.15) is 29.7 Å². The van der Waals surface area contributed by atoms with Crippen LogP contribution in [-0.2, 0) is 9.53 Å². The molecule has 1 aliphatic heterocycles. The summed E-state index contributed by atoms with van der Waals surface area (Å²) in [5.74, 6) is 0.0871. The third-order valence-electron chi connectivity index (χ3n) is 5.39. The molecular weight excluding hydrogens is 390 g/mol. The van der Waals surface area contributed by atoms with Crippen LogP contribution in [0.15, 0.2) is 78.9 Å². The summed E-state index contributed by atoms with van der Waals surface area (Å²) in [6.45, 7) is 1.93. The first-order valence-corrected chi connectivity index (χ1v) is 10.3. The Morgan fingerprint density at radius 2 is 1.68 bits per heavy atom. The van der Waals surface area contributed by atoms with Crippen molar-refractivity contribution in [1.82, 2.24) is 0 Å². The van der Waals surface area contributed by atoms with Gasteiger partial charge in [0.25, 0.3) is 0 Å². The topological polar surface area (TPSA) is 59.0 Å². The fourth-order valence-electron chi connectivity index (χ4n) is 3.96. The van der Waals surface area contributed by atoms with E-state index in [-0.39, 0.29) is 6.61 Å². The van der Waals surface area contributed by atoms with Crippen molar-refractivity contribution in [2.75, 3.05) is 18.6 Å². The first kappa shape index (κ1) is 20.7. The zero-order valence-corrected chi connectivity index (χ0v) is 17.6. The van der Waals surface area contributed by atoms with Crippen LogP contribution in [0.2, 0.25) is 0 Å². The minimum Gasteiger partial charge on any atom is -0.497 e. The van der Waals surface area contributed by atoms with Crippen LogP contribution >= 0.6 is 0 Å². The number of ether oxygens (including phenoxy) is 2. The highest BCUT2D eigenvalue weighted by Gasteiger charge is 2.39. The van der Waals surface area contributed by atoms with E-state index in [9.17, 15) is 9.90 Å². The Kier molecular flexibility index (Phi) is 6.05. The van der Waals surface area contributed by atoms with Gasteiger partial charge in [0.2, 0.25) is 0 Å². The van der Waals surface area contributed by atoms with E-state index in [0.717, 1.165) is 33.8 Å². The van der Waals surface area contributed by atoms with Crippen LogP contribution in [0, 0.1) is 0 Å². The highest BCUT2D eigenvalue weighted by atomic mass is 16.5. The summed E-state index contributed by atoms with van der Waals surface area (Å²) in [4.78, 5) is 14.6. The van der Waals surface area contributed by atoms with Gasteiger partial charge in [-0.2, -0.15) is 0 Å². The fourth-order valence-corrected chi connectivity index (χ4v) is 3.96. The van der Waals surface area contributed by atoms with Gasteiger partial charge in [0.1, 0.15) is 5.75 Å². The predicted octanol–water partition coefficient (Wildman–Crippen LogP) is 4.68. The van der Waals surface area contributed by atoms with Crippen molar-refractivity contribution in [3.63, 3.8) is 0 Å². The minimum absolute atomic E-state index is 0.203. The van der Waals surface area contributed by atoms with Crippen molar-refractivity contribution in [2.45, 2.75) is 19.1 Å². The van der Waals surface area contributed by atoms with Crippen LogP contribution in [0.5, 0.6) is 5.75 Å². The standard InChI is InChI=1S/C26H25NO4/c1-3-31-26(29)25(28)24-22-12-8-7-11-19(22)17-23(18-9-5-4-6-10-18)27(24)20-13-15-21(30-2)16-14-20/h4-17,24-25,28H,3H2,1-2H3. The Morgan fingerprint density at radius 1 is 1.00 bits per heavy atom. The predicted molar refractivity (Wildman–Crippen MR) is 122 cm³/mol. The molecular formula is C26H25NO4. The van der Waals surface area contributed by atoms with E-state index in [1.54, 1.807) is 14.0 Å². The lowest BCUT2D eigenvalue weighted by molar-refractivity contribution is -0.154. The largest absolute Gasteiger partial charge is 0.497 e. The molecule has 5 heteroatoms. The Labute approximate surface area is 182 Å². The highest BCUT2D eigenvalue weighted by molar-refractivity contribution is 5.95. The summed E-state index contributed by atoms with van der Waals surface area (Å²) < 4.78 is 10.5. The molecule has 3 aromatic rings. The number of carbonyl (C=O) groups excluding carboxylic acids is 1. The Hall–Kier alpha value is -3.57. The molecule has 2 unspecified atom stereocenters. The van der Waals surface area contributed by atoms with Crippen molar-refractivity contribution in [3.8, 4) is 5.75 Å². The van der Waals surface area contributed by atoms with Gasteiger partial charge >= 0.3 is 5.97 Å². The molecule has 1 N–H and O–H groups in total. The SMILES string of the molecule is CCOC(=O)C(O)C1c2ccccc2C=C(c2ccccc2)N1c1ccc(OC)cc1. The molecule has 0 saturated heterocycles. The number of anilines is 1. The lowest BCUT2D eigenvalue weighted by Gasteiger charge is -2.41. The van der Waals surface area contributed by atoms with E-state index in [0.29, 0.717) is 0 Å². The molecule has 0 bridgehead atoms. The molecule has 31 heavy (non-hydrogen) atoms. The summed E-state index contributed by atoms with van der Waals surface area (Å²) in [6, 6.07) is 24.7. The zero-order valence-electron chi connectivity index (χ0n) is 17.6. The van der Waals surface area contributed by atoms with Crippen molar-refractivity contribution in [3.05, 3.63) is 95.6 Å². The quantitative estimate of drug-likeness (QED) is 0.593. The summed E-state index contributed by atoms with van der Waals surface area (Å²) in [6.07, 6.45) is 0.721. The lowest BCUT2D eigenvalue weighted by Crippen LogP contribution is -2.42. The van der Waals surface area contributed by atoms with Gasteiger partial charge in [-0.1, -0.05) is 54.6 Å².